The first-order valence-electron chi connectivity index (χ1n) is 15.3. The molecule has 3 aliphatic heterocycles. The highest BCUT2D eigenvalue weighted by Gasteiger charge is 2.47. The smallest absolute Gasteiger partial charge is 0.406 e. The molecular weight excluding hydrogens is 653 g/mol. The van der Waals surface area contributed by atoms with E-state index in [1.165, 1.54) is 27.4 Å². The van der Waals surface area contributed by atoms with Crippen LogP contribution in [-0.4, -0.2) is 116 Å². The first-order chi connectivity index (χ1) is 22.5. The maximum absolute atomic E-state index is 13.3. The Labute approximate surface area is 276 Å². The van der Waals surface area contributed by atoms with Gasteiger partial charge in [-0.05, 0) is 73.7 Å². The second kappa shape index (κ2) is 13.2. The molecule has 5 rings (SSSR count). The maximum Gasteiger partial charge on any atom is 0.573 e. The van der Waals surface area contributed by atoms with Crippen molar-refractivity contribution in [1.82, 2.24) is 24.3 Å². The molecule has 0 aliphatic carbocycles. The highest BCUT2D eigenvalue weighted by Crippen LogP contribution is 2.33. The number of aliphatic imine (C=N–C) groups is 1. The lowest BCUT2D eigenvalue weighted by Crippen LogP contribution is -2.52. The Morgan fingerprint density at radius 2 is 1.58 bits per heavy atom. The Hall–Kier alpha value is -4.44. The van der Waals surface area contributed by atoms with Crippen molar-refractivity contribution in [2.45, 2.75) is 38.6 Å². The van der Waals surface area contributed by atoms with Crippen molar-refractivity contribution < 1.29 is 40.7 Å². The number of piperidine rings is 1. The first kappa shape index (κ1) is 34.9. The van der Waals surface area contributed by atoms with Gasteiger partial charge in [0.2, 0.25) is 10.0 Å². The van der Waals surface area contributed by atoms with Crippen molar-refractivity contribution in [2.75, 3.05) is 53.4 Å². The summed E-state index contributed by atoms with van der Waals surface area (Å²) in [7, 11) is -0.523. The van der Waals surface area contributed by atoms with Crippen LogP contribution in [0.1, 0.15) is 45.5 Å². The fourth-order valence-corrected chi connectivity index (χ4v) is 7.28. The molecule has 1 spiro atoms. The SMILES string of the molecule is Cc1cc(C(=O)N2CCN(C(=O)N(C)C)CC2)cc(C)c1/C=C/S(=O)(=O)N1CCC2(CC1)N=C(c1cccc(OC(F)(F)F)c1)NC2=O. The van der Waals surface area contributed by atoms with Crippen molar-refractivity contribution in [2.24, 2.45) is 4.99 Å². The van der Waals surface area contributed by atoms with Gasteiger partial charge < -0.3 is 24.8 Å². The fourth-order valence-electron chi connectivity index (χ4n) is 6.11. The molecule has 12 nitrogen and oxygen atoms in total. The third kappa shape index (κ3) is 7.49. The number of alkyl halides is 3. The molecule has 1 N–H and O–H groups in total. The topological polar surface area (TPSA) is 132 Å². The van der Waals surface area contributed by atoms with E-state index in [0.29, 0.717) is 37.3 Å². The summed E-state index contributed by atoms with van der Waals surface area (Å²) in [6.45, 7) is 5.30. The van der Waals surface area contributed by atoms with E-state index in [4.69, 9.17) is 0 Å². The molecule has 258 valence electrons. The molecule has 0 atom stereocenters. The molecule has 2 saturated heterocycles. The van der Waals surface area contributed by atoms with Gasteiger partial charge in [0.05, 0.1) is 0 Å². The molecule has 4 amide bonds. The zero-order chi connectivity index (χ0) is 35.0. The summed E-state index contributed by atoms with van der Waals surface area (Å²) < 4.78 is 69.9. The summed E-state index contributed by atoms with van der Waals surface area (Å²) in [6.07, 6.45) is -3.21. The number of benzene rings is 2. The molecular formula is C32H37F3N6O6S. The van der Waals surface area contributed by atoms with Gasteiger partial charge in [-0.3, -0.25) is 14.6 Å². The van der Waals surface area contributed by atoms with Crippen molar-refractivity contribution in [1.29, 1.82) is 0 Å². The van der Waals surface area contributed by atoms with Crippen molar-refractivity contribution in [3.8, 4) is 5.75 Å². The summed E-state index contributed by atoms with van der Waals surface area (Å²) in [6, 6.07) is 8.46. The monoisotopic (exact) mass is 690 g/mol. The summed E-state index contributed by atoms with van der Waals surface area (Å²) in [4.78, 5) is 47.9. The van der Waals surface area contributed by atoms with Gasteiger partial charge in [0.15, 0.2) is 0 Å². The number of hydrogen-bond donors (Lipinski definition) is 1. The summed E-state index contributed by atoms with van der Waals surface area (Å²) in [5.41, 5.74) is 1.57. The predicted molar refractivity (Wildman–Crippen MR) is 172 cm³/mol. The minimum absolute atomic E-state index is 0.00685. The van der Waals surface area contributed by atoms with E-state index in [0.717, 1.165) is 28.7 Å². The molecule has 16 heteroatoms. The van der Waals surface area contributed by atoms with Crippen LogP contribution in [0.2, 0.25) is 0 Å². The molecule has 2 fully saturated rings. The van der Waals surface area contributed by atoms with Gasteiger partial charge in [-0.15, -0.1) is 13.2 Å². The number of urea groups is 1. The molecule has 0 unspecified atom stereocenters. The predicted octanol–water partition coefficient (Wildman–Crippen LogP) is 3.35. The number of rotatable bonds is 6. The average molecular weight is 691 g/mol. The number of hydrogen-bond acceptors (Lipinski definition) is 7. The van der Waals surface area contributed by atoms with Crippen LogP contribution in [-0.2, 0) is 14.8 Å². The number of amides is 4. The van der Waals surface area contributed by atoms with E-state index in [1.807, 2.05) is 0 Å². The number of halogens is 3. The van der Waals surface area contributed by atoms with E-state index >= 15 is 0 Å². The minimum atomic E-state index is -4.88. The van der Waals surface area contributed by atoms with Crippen molar-refractivity contribution >= 4 is 39.8 Å². The van der Waals surface area contributed by atoms with E-state index in [1.54, 1.807) is 49.9 Å². The lowest BCUT2D eigenvalue weighted by Gasteiger charge is -2.36. The summed E-state index contributed by atoms with van der Waals surface area (Å²) >= 11 is 0. The number of carbonyl (C=O) groups is 3. The van der Waals surface area contributed by atoms with E-state index in [-0.39, 0.29) is 49.3 Å². The Morgan fingerprint density at radius 3 is 2.17 bits per heavy atom. The van der Waals surface area contributed by atoms with Crippen LogP contribution >= 0.6 is 0 Å². The average Bonchev–Trinajstić information content (AvgIpc) is 3.34. The van der Waals surface area contributed by atoms with E-state index < -0.39 is 33.6 Å². The molecule has 0 bridgehead atoms. The van der Waals surface area contributed by atoms with Gasteiger partial charge in [-0.1, -0.05) is 12.1 Å². The van der Waals surface area contributed by atoms with E-state index in [2.05, 4.69) is 15.0 Å². The number of ether oxygens (including phenoxy) is 1. The second-order valence-electron chi connectivity index (χ2n) is 12.2. The van der Waals surface area contributed by atoms with Crippen LogP contribution < -0.4 is 10.1 Å². The molecule has 2 aromatic carbocycles. The quantitative estimate of drug-likeness (QED) is 0.495. The molecule has 2 aromatic rings. The molecule has 0 radical (unpaired) electrons. The lowest BCUT2D eigenvalue weighted by molar-refractivity contribution is -0.274. The minimum Gasteiger partial charge on any atom is -0.406 e. The molecule has 3 aliphatic rings. The van der Waals surface area contributed by atoms with Gasteiger partial charge in [-0.25, -0.2) is 13.2 Å². The van der Waals surface area contributed by atoms with Gasteiger partial charge in [0, 0.05) is 69.9 Å². The molecule has 48 heavy (non-hydrogen) atoms. The normalized spacial score (nSPS) is 18.6. The Kier molecular flexibility index (Phi) is 9.61. The first-order valence-corrected chi connectivity index (χ1v) is 16.8. The highest BCUT2D eigenvalue weighted by atomic mass is 32.2. The standard InChI is InChI=1S/C32H37F3N6O6S/c1-21-18-24(28(42)39-13-15-40(16-14-39)30(44)38(3)4)19-22(2)26(21)8-17-48(45,46)41-11-9-31(10-12-41)29(43)36-27(37-31)23-6-5-7-25(20-23)47-32(33,34)35/h5-8,17-20H,9-16H2,1-4H3,(H,36,37,43)/b17-8+. The Bertz CT molecular complexity index is 1750. The van der Waals surface area contributed by atoms with Crippen LogP contribution in [0.25, 0.3) is 6.08 Å². The maximum atomic E-state index is 13.3. The van der Waals surface area contributed by atoms with Crippen molar-refractivity contribution in [3.05, 3.63) is 69.6 Å². The largest absolute Gasteiger partial charge is 0.573 e. The Balaban J connectivity index is 1.23. The van der Waals surface area contributed by atoms with Crippen LogP contribution in [0.15, 0.2) is 46.8 Å². The fraction of sp³-hybridized carbons (Fsp3) is 0.438. The number of aryl methyl sites for hydroxylation is 2. The number of carbonyl (C=O) groups excluding carboxylic acids is 3. The van der Waals surface area contributed by atoms with Gasteiger partial charge >= 0.3 is 12.4 Å². The van der Waals surface area contributed by atoms with E-state index in [9.17, 15) is 36.0 Å². The molecule has 0 aromatic heterocycles. The second-order valence-corrected chi connectivity index (χ2v) is 14.1. The summed E-state index contributed by atoms with van der Waals surface area (Å²) in [5, 5.41) is 3.73. The van der Waals surface area contributed by atoms with Crippen LogP contribution in [0.4, 0.5) is 18.0 Å². The number of sulfonamides is 1. The highest BCUT2D eigenvalue weighted by molar-refractivity contribution is 7.92. The Morgan fingerprint density at radius 1 is 0.979 bits per heavy atom. The van der Waals surface area contributed by atoms with Crippen LogP contribution in [0.5, 0.6) is 5.75 Å². The number of amidine groups is 1. The van der Waals surface area contributed by atoms with Crippen LogP contribution in [0.3, 0.4) is 0 Å². The lowest BCUT2D eigenvalue weighted by atomic mass is 9.89. The number of nitrogens with one attached hydrogen (secondary N) is 1. The third-order valence-corrected chi connectivity index (χ3v) is 10.3. The molecule has 0 saturated carbocycles. The van der Waals surface area contributed by atoms with Gasteiger partial charge in [0.1, 0.15) is 17.1 Å². The van der Waals surface area contributed by atoms with Crippen molar-refractivity contribution in [3.63, 3.8) is 0 Å². The van der Waals surface area contributed by atoms with Gasteiger partial charge in [-0.2, -0.15) is 4.31 Å². The third-order valence-electron chi connectivity index (χ3n) is 8.70. The molecule has 3 heterocycles. The summed E-state index contributed by atoms with van der Waals surface area (Å²) in [5.74, 6) is -0.964. The number of nitrogens with zero attached hydrogens (tertiary/aromatic N) is 5. The zero-order valence-electron chi connectivity index (χ0n) is 27.0. The zero-order valence-corrected chi connectivity index (χ0v) is 27.8. The van der Waals surface area contributed by atoms with Crippen LogP contribution in [0, 0.1) is 13.8 Å². The van der Waals surface area contributed by atoms with Gasteiger partial charge in [0.25, 0.3) is 11.8 Å². The number of piperazine rings is 1.